The molecule has 0 saturated heterocycles. The summed E-state index contributed by atoms with van der Waals surface area (Å²) >= 11 is 1.31. The van der Waals surface area contributed by atoms with Crippen molar-refractivity contribution in [3.63, 3.8) is 0 Å². The zero-order valence-corrected chi connectivity index (χ0v) is 20.8. The maximum atomic E-state index is 13.7. The average molecular weight is 491 g/mol. The van der Waals surface area contributed by atoms with Crippen molar-refractivity contribution in [2.45, 2.75) is 51.6 Å². The fourth-order valence-corrected chi connectivity index (χ4v) is 5.17. The maximum absolute atomic E-state index is 13.7. The number of pyridine rings is 1. The number of anilines is 1. The topological polar surface area (TPSA) is 91.4 Å². The molecule has 1 atom stereocenters. The number of hydrogen-bond donors (Lipinski definition) is 2. The lowest BCUT2D eigenvalue weighted by Crippen LogP contribution is -2.49. The lowest BCUT2D eigenvalue weighted by atomic mass is 10.0. The summed E-state index contributed by atoms with van der Waals surface area (Å²) in [6.07, 6.45) is 7.28. The molecule has 1 fully saturated rings. The summed E-state index contributed by atoms with van der Waals surface area (Å²) < 4.78 is 0. The zero-order valence-electron chi connectivity index (χ0n) is 20.0. The van der Waals surface area contributed by atoms with Crippen LogP contribution in [0.2, 0.25) is 0 Å². The van der Waals surface area contributed by atoms with Crippen molar-refractivity contribution >= 4 is 34.7 Å². The lowest BCUT2D eigenvalue weighted by Gasteiger charge is -2.33. The van der Waals surface area contributed by atoms with Crippen molar-refractivity contribution in [2.75, 3.05) is 11.4 Å². The molecule has 1 aliphatic rings. The molecule has 3 amide bonds. The summed E-state index contributed by atoms with van der Waals surface area (Å²) in [6.45, 7) is 3.66. The van der Waals surface area contributed by atoms with Crippen molar-refractivity contribution in [3.05, 3.63) is 81.8 Å². The Labute approximate surface area is 209 Å². The second kappa shape index (κ2) is 11.3. The van der Waals surface area contributed by atoms with E-state index in [1.807, 2.05) is 37.4 Å². The number of carbonyl (C=O) groups excluding carboxylic acids is 3. The number of carbonyl (C=O) groups is 3. The maximum Gasteiger partial charge on any atom is 0.261 e. The zero-order chi connectivity index (χ0) is 24.8. The van der Waals surface area contributed by atoms with Gasteiger partial charge in [0, 0.05) is 29.7 Å². The van der Waals surface area contributed by atoms with Crippen LogP contribution in [0.1, 0.15) is 58.1 Å². The van der Waals surface area contributed by atoms with Gasteiger partial charge in [-0.3, -0.25) is 24.3 Å². The van der Waals surface area contributed by atoms with Gasteiger partial charge >= 0.3 is 0 Å². The second-order valence-corrected chi connectivity index (χ2v) is 9.84. The summed E-state index contributed by atoms with van der Waals surface area (Å²) in [5.74, 6) is -0.942. The lowest BCUT2D eigenvalue weighted by molar-refractivity contribution is -0.126. The van der Waals surface area contributed by atoms with Crippen LogP contribution in [-0.2, 0) is 9.59 Å². The van der Waals surface area contributed by atoms with Crippen molar-refractivity contribution in [3.8, 4) is 0 Å². The molecular formula is C27H30N4O3S. The summed E-state index contributed by atoms with van der Waals surface area (Å²) in [6, 6.07) is 12.0. The van der Waals surface area contributed by atoms with Crippen molar-refractivity contribution < 1.29 is 14.4 Å². The number of thiophene rings is 1. The highest BCUT2D eigenvalue weighted by atomic mass is 32.1. The molecule has 0 aliphatic heterocycles. The van der Waals surface area contributed by atoms with Crippen LogP contribution in [0.15, 0.2) is 60.2 Å². The minimum Gasteiger partial charge on any atom is -0.351 e. The van der Waals surface area contributed by atoms with Crippen LogP contribution in [-0.4, -0.2) is 35.3 Å². The van der Waals surface area contributed by atoms with Crippen LogP contribution in [0.3, 0.4) is 0 Å². The highest BCUT2D eigenvalue weighted by molar-refractivity contribution is 7.12. The van der Waals surface area contributed by atoms with Gasteiger partial charge in [0.15, 0.2) is 0 Å². The van der Waals surface area contributed by atoms with E-state index in [9.17, 15) is 14.4 Å². The minimum absolute atomic E-state index is 0.0938. The summed E-state index contributed by atoms with van der Waals surface area (Å²) in [5, 5.41) is 7.68. The van der Waals surface area contributed by atoms with E-state index in [1.165, 1.54) is 16.2 Å². The quantitative estimate of drug-likeness (QED) is 0.492. The molecule has 0 spiro atoms. The number of hydrogen-bond acceptors (Lipinski definition) is 5. The number of nitrogens with zero attached hydrogens (tertiary/aromatic N) is 2. The monoisotopic (exact) mass is 490 g/mol. The summed E-state index contributed by atoms with van der Waals surface area (Å²) in [4.78, 5) is 46.2. The number of benzene rings is 1. The van der Waals surface area contributed by atoms with E-state index in [0.29, 0.717) is 16.1 Å². The van der Waals surface area contributed by atoms with Gasteiger partial charge < -0.3 is 10.6 Å². The van der Waals surface area contributed by atoms with Gasteiger partial charge in [0.25, 0.3) is 5.91 Å². The highest BCUT2D eigenvalue weighted by Gasteiger charge is 2.35. The van der Waals surface area contributed by atoms with Crippen molar-refractivity contribution in [2.24, 2.45) is 0 Å². The molecule has 8 heteroatoms. The molecule has 7 nitrogen and oxygen atoms in total. The Morgan fingerprint density at radius 1 is 1.11 bits per heavy atom. The molecule has 1 aromatic carbocycles. The van der Waals surface area contributed by atoms with E-state index in [4.69, 9.17) is 0 Å². The fraction of sp³-hybridized carbons (Fsp3) is 0.333. The van der Waals surface area contributed by atoms with E-state index in [0.717, 1.165) is 36.8 Å². The molecule has 0 radical (unpaired) electrons. The van der Waals surface area contributed by atoms with Gasteiger partial charge in [-0.2, -0.15) is 0 Å². The molecule has 0 bridgehead atoms. The van der Waals surface area contributed by atoms with Gasteiger partial charge in [0.05, 0.1) is 11.4 Å². The van der Waals surface area contributed by atoms with Gasteiger partial charge in [-0.1, -0.05) is 42.7 Å². The van der Waals surface area contributed by atoms with Crippen LogP contribution < -0.4 is 15.5 Å². The van der Waals surface area contributed by atoms with Gasteiger partial charge in [-0.25, -0.2) is 0 Å². The van der Waals surface area contributed by atoms with Crippen molar-refractivity contribution in [1.29, 1.82) is 0 Å². The Morgan fingerprint density at radius 2 is 1.91 bits per heavy atom. The first-order valence-corrected chi connectivity index (χ1v) is 12.7. The molecule has 2 N–H and O–H groups in total. The first kappa shape index (κ1) is 24.6. The Hall–Kier alpha value is -3.52. The third-order valence-electron chi connectivity index (χ3n) is 6.23. The molecule has 3 aromatic rings. The van der Waals surface area contributed by atoms with E-state index in [-0.39, 0.29) is 30.3 Å². The Morgan fingerprint density at radius 3 is 2.57 bits per heavy atom. The minimum atomic E-state index is -0.920. The van der Waals surface area contributed by atoms with Crippen LogP contribution in [0.25, 0.3) is 0 Å². The van der Waals surface area contributed by atoms with Gasteiger partial charge in [-0.15, -0.1) is 11.3 Å². The number of aromatic nitrogens is 1. The predicted octanol–water partition coefficient (Wildman–Crippen LogP) is 4.32. The summed E-state index contributed by atoms with van der Waals surface area (Å²) in [7, 11) is 0. The Balaban J connectivity index is 1.69. The molecule has 2 aromatic heterocycles. The Kier molecular flexibility index (Phi) is 7.92. The third-order valence-corrected chi connectivity index (χ3v) is 7.10. The summed E-state index contributed by atoms with van der Waals surface area (Å²) in [5.41, 5.74) is 3.16. The largest absolute Gasteiger partial charge is 0.351 e. The second-order valence-electron chi connectivity index (χ2n) is 8.89. The van der Waals surface area contributed by atoms with Gasteiger partial charge in [0.1, 0.15) is 6.04 Å². The smallest absolute Gasteiger partial charge is 0.261 e. The average Bonchev–Trinajstić information content (AvgIpc) is 3.56. The molecule has 2 heterocycles. The number of aryl methyl sites for hydroxylation is 2. The normalized spacial score (nSPS) is 14.3. The molecule has 182 valence electrons. The highest BCUT2D eigenvalue weighted by Crippen LogP contribution is 2.31. The number of amides is 3. The number of rotatable bonds is 8. The SMILES string of the molecule is Cc1ccc(N(C(=O)CNC(=O)c2cccs2)C(C(=O)NC2CCCC2)c2cccnc2)c(C)c1. The van der Waals surface area contributed by atoms with E-state index in [2.05, 4.69) is 15.6 Å². The third kappa shape index (κ3) is 5.95. The number of nitrogens with one attached hydrogen (secondary N) is 2. The Bertz CT molecular complexity index is 1170. The van der Waals surface area contributed by atoms with Gasteiger partial charge in [0.2, 0.25) is 11.8 Å². The van der Waals surface area contributed by atoms with Crippen LogP contribution in [0.4, 0.5) is 5.69 Å². The molecule has 1 saturated carbocycles. The van der Waals surface area contributed by atoms with Crippen LogP contribution in [0, 0.1) is 13.8 Å². The molecule has 4 rings (SSSR count). The van der Waals surface area contributed by atoms with E-state index >= 15 is 0 Å². The van der Waals surface area contributed by atoms with E-state index < -0.39 is 6.04 Å². The van der Waals surface area contributed by atoms with Gasteiger partial charge in [-0.05, 0) is 55.8 Å². The van der Waals surface area contributed by atoms with E-state index in [1.54, 1.807) is 36.7 Å². The van der Waals surface area contributed by atoms with Crippen molar-refractivity contribution in [1.82, 2.24) is 15.6 Å². The molecule has 35 heavy (non-hydrogen) atoms. The van der Waals surface area contributed by atoms with Crippen LogP contribution >= 0.6 is 11.3 Å². The molecule has 1 aliphatic carbocycles. The molecular weight excluding hydrogens is 460 g/mol. The van der Waals surface area contributed by atoms with Crippen LogP contribution in [0.5, 0.6) is 0 Å². The standard InChI is InChI=1S/C27H30N4O3S/c1-18-11-12-22(19(2)15-18)31(24(32)17-29-26(33)23-10-6-14-35-23)25(20-7-5-13-28-16-20)27(34)30-21-8-3-4-9-21/h5-7,10-16,21,25H,3-4,8-9,17H2,1-2H3,(H,29,33)(H,30,34). The first-order valence-electron chi connectivity index (χ1n) is 11.9. The first-order chi connectivity index (χ1) is 16.9. The fourth-order valence-electron chi connectivity index (χ4n) is 4.53. The predicted molar refractivity (Wildman–Crippen MR) is 137 cm³/mol. The molecule has 1 unspecified atom stereocenters.